The Morgan fingerprint density at radius 3 is 2.69 bits per heavy atom. The monoisotopic (exact) mass is 468 g/mol. The number of phenolic OH excluding ortho intramolecular Hbond substituents is 1. The Kier molecular flexibility index (Phi) is 5.44. The maximum absolute atomic E-state index is 13.7. The van der Waals surface area contributed by atoms with Crippen LogP contribution in [0.5, 0.6) is 5.75 Å². The zero-order chi connectivity index (χ0) is 23.9. The molecule has 2 atom stereocenters. The molecule has 178 valence electrons. The van der Waals surface area contributed by atoms with Gasteiger partial charge in [-0.1, -0.05) is 24.3 Å². The lowest BCUT2D eigenvalue weighted by molar-refractivity contribution is -0.144. The Morgan fingerprint density at radius 2 is 1.86 bits per heavy atom. The number of benzene rings is 2. The SMILES string of the molecule is O=C1CC(c2ccc3cc[nH]c3c2)CC2=C1C(c1cccc(O)c1)C(C(=O)OC1CCCC1)=CN2. The summed E-state index contributed by atoms with van der Waals surface area (Å²) in [4.78, 5) is 30.2. The Hall–Kier alpha value is -3.80. The zero-order valence-electron chi connectivity index (χ0n) is 19.4. The molecule has 0 spiro atoms. The van der Waals surface area contributed by atoms with Crippen LogP contribution in [0.25, 0.3) is 10.9 Å². The first kappa shape index (κ1) is 21.7. The van der Waals surface area contributed by atoms with Crippen molar-refractivity contribution in [1.29, 1.82) is 0 Å². The van der Waals surface area contributed by atoms with Crippen LogP contribution < -0.4 is 5.32 Å². The first-order valence-corrected chi connectivity index (χ1v) is 12.4. The lowest BCUT2D eigenvalue weighted by Crippen LogP contribution is -2.34. The summed E-state index contributed by atoms with van der Waals surface area (Å²) < 4.78 is 5.82. The van der Waals surface area contributed by atoms with E-state index in [1.165, 1.54) is 0 Å². The summed E-state index contributed by atoms with van der Waals surface area (Å²) in [5.74, 6) is -0.787. The van der Waals surface area contributed by atoms with E-state index in [1.807, 2.05) is 18.3 Å². The summed E-state index contributed by atoms with van der Waals surface area (Å²) in [5.41, 5.74) is 4.75. The summed E-state index contributed by atoms with van der Waals surface area (Å²) in [5, 5.41) is 14.6. The van der Waals surface area contributed by atoms with Crippen molar-refractivity contribution in [2.75, 3.05) is 0 Å². The van der Waals surface area contributed by atoms with Gasteiger partial charge >= 0.3 is 5.97 Å². The van der Waals surface area contributed by atoms with Gasteiger partial charge in [-0.3, -0.25) is 4.79 Å². The molecule has 3 N–H and O–H groups in total. The fraction of sp³-hybridized carbons (Fsp3) is 0.310. The van der Waals surface area contributed by atoms with Gasteiger partial charge in [-0.2, -0.15) is 0 Å². The lowest BCUT2D eigenvalue weighted by atomic mass is 9.72. The first-order chi connectivity index (χ1) is 17.1. The van der Waals surface area contributed by atoms with E-state index < -0.39 is 11.9 Å². The topological polar surface area (TPSA) is 91.4 Å². The van der Waals surface area contributed by atoms with Crippen molar-refractivity contribution in [2.45, 2.75) is 56.5 Å². The van der Waals surface area contributed by atoms with Gasteiger partial charge in [0.05, 0.1) is 5.57 Å². The van der Waals surface area contributed by atoms with Gasteiger partial charge in [0.2, 0.25) is 0 Å². The van der Waals surface area contributed by atoms with Crippen LogP contribution in [0, 0.1) is 0 Å². The second-order valence-electron chi connectivity index (χ2n) is 9.83. The minimum Gasteiger partial charge on any atom is -0.508 e. The molecule has 0 bridgehead atoms. The molecule has 1 aliphatic heterocycles. The van der Waals surface area contributed by atoms with Crippen LogP contribution in [-0.2, 0) is 14.3 Å². The van der Waals surface area contributed by atoms with Crippen LogP contribution in [0.4, 0.5) is 0 Å². The largest absolute Gasteiger partial charge is 0.508 e. The summed E-state index contributed by atoms with van der Waals surface area (Å²) >= 11 is 0. The minimum atomic E-state index is -0.563. The number of allylic oxidation sites excluding steroid dienone is 2. The molecule has 3 aromatic rings. The quantitative estimate of drug-likeness (QED) is 0.450. The minimum absolute atomic E-state index is 0.0166. The van der Waals surface area contributed by atoms with Crippen molar-refractivity contribution in [3.8, 4) is 5.75 Å². The number of ketones is 1. The fourth-order valence-corrected chi connectivity index (χ4v) is 5.81. The van der Waals surface area contributed by atoms with E-state index in [4.69, 9.17) is 4.74 Å². The number of ether oxygens (including phenoxy) is 1. The number of Topliss-reactive ketones (excluding diaryl/α,β-unsaturated/α-hetero) is 1. The molecule has 6 rings (SSSR count). The van der Waals surface area contributed by atoms with Gasteiger partial charge in [0.15, 0.2) is 5.78 Å². The van der Waals surface area contributed by atoms with Crippen molar-refractivity contribution in [1.82, 2.24) is 10.3 Å². The molecule has 35 heavy (non-hydrogen) atoms. The number of aromatic nitrogens is 1. The number of hydrogen-bond donors (Lipinski definition) is 3. The molecule has 0 radical (unpaired) electrons. The second-order valence-corrected chi connectivity index (χ2v) is 9.83. The molecular formula is C29H28N2O4. The molecule has 6 nitrogen and oxygen atoms in total. The molecule has 1 saturated carbocycles. The number of nitrogens with one attached hydrogen (secondary N) is 2. The molecule has 2 aliphatic carbocycles. The van der Waals surface area contributed by atoms with E-state index in [9.17, 15) is 14.7 Å². The predicted octanol–water partition coefficient (Wildman–Crippen LogP) is 5.33. The molecule has 1 aromatic heterocycles. The summed E-state index contributed by atoms with van der Waals surface area (Å²) in [6, 6.07) is 15.2. The third-order valence-electron chi connectivity index (χ3n) is 7.58. The molecular weight excluding hydrogens is 440 g/mol. The number of H-pyrrole nitrogens is 1. The molecule has 2 heterocycles. The van der Waals surface area contributed by atoms with Crippen LogP contribution in [0.3, 0.4) is 0 Å². The maximum atomic E-state index is 13.7. The number of rotatable bonds is 4. The number of esters is 1. The van der Waals surface area contributed by atoms with Gasteiger partial charge in [0.1, 0.15) is 11.9 Å². The highest BCUT2D eigenvalue weighted by molar-refractivity contribution is 6.04. The number of aromatic hydroxyl groups is 1. The second kappa shape index (κ2) is 8.77. The van der Waals surface area contributed by atoms with Crippen molar-refractivity contribution in [2.24, 2.45) is 0 Å². The van der Waals surface area contributed by atoms with Crippen LogP contribution in [0.2, 0.25) is 0 Å². The molecule has 0 saturated heterocycles. The number of aromatic amines is 1. The van der Waals surface area contributed by atoms with Gasteiger partial charge in [0, 0.05) is 41.5 Å². The van der Waals surface area contributed by atoms with Crippen LogP contribution in [0.15, 0.2) is 77.8 Å². The van der Waals surface area contributed by atoms with Crippen LogP contribution in [-0.4, -0.2) is 27.9 Å². The average molecular weight is 469 g/mol. The normalized spacial score (nSPS) is 22.6. The van der Waals surface area contributed by atoms with E-state index in [0.717, 1.165) is 47.8 Å². The van der Waals surface area contributed by atoms with Crippen LogP contribution >= 0.6 is 0 Å². The Labute approximate surface area is 203 Å². The zero-order valence-corrected chi connectivity index (χ0v) is 19.4. The molecule has 2 aromatic carbocycles. The van der Waals surface area contributed by atoms with Crippen molar-refractivity contribution < 1.29 is 19.4 Å². The van der Waals surface area contributed by atoms with Gasteiger partial charge in [-0.15, -0.1) is 0 Å². The number of carbonyl (C=O) groups is 2. The smallest absolute Gasteiger partial charge is 0.336 e. The molecule has 2 unspecified atom stereocenters. The molecule has 1 fully saturated rings. The average Bonchev–Trinajstić information content (AvgIpc) is 3.54. The Morgan fingerprint density at radius 1 is 1.00 bits per heavy atom. The van der Waals surface area contributed by atoms with Crippen LogP contribution in [0.1, 0.15) is 61.5 Å². The number of phenols is 1. The number of hydrogen-bond acceptors (Lipinski definition) is 5. The third kappa shape index (κ3) is 4.03. The Balaban J connectivity index is 1.35. The highest BCUT2D eigenvalue weighted by Crippen LogP contribution is 2.45. The fourth-order valence-electron chi connectivity index (χ4n) is 5.81. The van der Waals surface area contributed by atoms with E-state index in [2.05, 4.69) is 28.5 Å². The van der Waals surface area contributed by atoms with Crippen molar-refractivity contribution in [3.63, 3.8) is 0 Å². The van der Waals surface area contributed by atoms with Crippen molar-refractivity contribution >= 4 is 22.7 Å². The van der Waals surface area contributed by atoms with E-state index in [1.54, 1.807) is 24.4 Å². The van der Waals surface area contributed by atoms with E-state index in [0.29, 0.717) is 29.6 Å². The number of fused-ring (bicyclic) bond motifs is 1. The molecule has 6 heteroatoms. The first-order valence-electron chi connectivity index (χ1n) is 12.4. The lowest BCUT2D eigenvalue weighted by Gasteiger charge is -2.35. The predicted molar refractivity (Wildman–Crippen MR) is 133 cm³/mol. The highest BCUT2D eigenvalue weighted by atomic mass is 16.5. The summed E-state index contributed by atoms with van der Waals surface area (Å²) in [6.45, 7) is 0. The maximum Gasteiger partial charge on any atom is 0.336 e. The van der Waals surface area contributed by atoms with Gasteiger partial charge in [-0.25, -0.2) is 4.79 Å². The van der Waals surface area contributed by atoms with Gasteiger partial charge in [-0.05, 0) is 78.8 Å². The number of carbonyl (C=O) groups excluding carboxylic acids is 2. The van der Waals surface area contributed by atoms with E-state index in [-0.39, 0.29) is 23.6 Å². The summed E-state index contributed by atoms with van der Waals surface area (Å²) in [6.07, 6.45) is 8.47. The highest BCUT2D eigenvalue weighted by Gasteiger charge is 2.40. The third-order valence-corrected chi connectivity index (χ3v) is 7.58. The standard InChI is InChI=1S/C29H28N2O4/c32-21-5-3-4-19(12-21)27-23(29(34)35-22-6-1-2-7-22)16-31-25-14-20(15-26(33)28(25)27)18-9-8-17-10-11-30-24(17)13-18/h3-5,8-13,16,20,22,27,30-32H,1-2,6-7,14-15H2. The Bertz CT molecular complexity index is 1380. The molecule has 3 aliphatic rings. The number of dihydropyridines is 1. The van der Waals surface area contributed by atoms with E-state index >= 15 is 0 Å². The van der Waals surface area contributed by atoms with Gasteiger partial charge in [0.25, 0.3) is 0 Å². The van der Waals surface area contributed by atoms with Gasteiger partial charge < -0.3 is 20.1 Å². The molecule has 0 amide bonds. The summed E-state index contributed by atoms with van der Waals surface area (Å²) in [7, 11) is 0. The van der Waals surface area contributed by atoms with Crippen molar-refractivity contribution in [3.05, 3.63) is 88.9 Å².